The second-order valence-corrected chi connectivity index (χ2v) is 8.70. The molecule has 37 heavy (non-hydrogen) atoms. The summed E-state index contributed by atoms with van der Waals surface area (Å²) in [5.74, 6) is -0.951. The Morgan fingerprint density at radius 2 is 1.95 bits per heavy atom. The van der Waals surface area contributed by atoms with Gasteiger partial charge in [0, 0.05) is 38.8 Å². The Hall–Kier alpha value is -3.60. The van der Waals surface area contributed by atoms with E-state index in [-0.39, 0.29) is 17.6 Å². The number of amidine groups is 1. The van der Waals surface area contributed by atoms with E-state index in [1.165, 1.54) is 13.1 Å². The number of fused-ring (bicyclic) bond motifs is 1. The van der Waals surface area contributed by atoms with Crippen LogP contribution < -0.4 is 17.2 Å². The maximum Gasteiger partial charge on any atom is 0.327 e. The number of hydrogen-bond donors (Lipinski definition) is 3. The summed E-state index contributed by atoms with van der Waals surface area (Å²) in [6.07, 6.45) is 6.42. The van der Waals surface area contributed by atoms with E-state index in [4.69, 9.17) is 5.73 Å². The van der Waals surface area contributed by atoms with Crippen LogP contribution >= 0.6 is 0 Å². The lowest BCUT2D eigenvalue weighted by Crippen LogP contribution is -2.36. The number of likely N-dealkylation sites (tertiary alicyclic amines) is 1. The van der Waals surface area contributed by atoms with E-state index < -0.39 is 11.6 Å². The van der Waals surface area contributed by atoms with Crippen LogP contribution in [0.4, 0.5) is 8.78 Å². The summed E-state index contributed by atoms with van der Waals surface area (Å²) < 4.78 is 28.3. The molecule has 0 bridgehead atoms. The predicted octanol–water partition coefficient (Wildman–Crippen LogP) is 3.32. The van der Waals surface area contributed by atoms with Gasteiger partial charge in [0.1, 0.15) is 0 Å². The minimum Gasteiger partial charge on any atom is -0.387 e. The van der Waals surface area contributed by atoms with Gasteiger partial charge in [0.15, 0.2) is 17.3 Å². The smallest absolute Gasteiger partial charge is 0.327 e. The van der Waals surface area contributed by atoms with Gasteiger partial charge in [-0.3, -0.25) is 19.3 Å². The first kappa shape index (κ1) is 29.6. The number of aliphatic imine (C=N–C) groups is 1. The molecular formula is C26H37F2N7O2. The fourth-order valence-corrected chi connectivity index (χ4v) is 4.33. The Morgan fingerprint density at radius 3 is 2.59 bits per heavy atom. The zero-order chi connectivity index (χ0) is 27.4. The first-order chi connectivity index (χ1) is 17.8. The largest absolute Gasteiger partial charge is 0.387 e. The van der Waals surface area contributed by atoms with E-state index in [0.29, 0.717) is 36.6 Å². The Labute approximate surface area is 215 Å². The highest BCUT2D eigenvalue weighted by Crippen LogP contribution is 2.25. The monoisotopic (exact) mass is 517 g/mol. The first-order valence-electron chi connectivity index (χ1n) is 12.3. The quantitative estimate of drug-likeness (QED) is 0.251. The molecule has 9 nitrogen and oxygen atoms in total. The highest BCUT2D eigenvalue weighted by molar-refractivity contribution is 5.80. The van der Waals surface area contributed by atoms with Crippen LogP contribution in [0.1, 0.15) is 56.6 Å². The van der Waals surface area contributed by atoms with Crippen molar-refractivity contribution in [2.45, 2.75) is 51.0 Å². The molecule has 1 unspecified atom stereocenters. The molecule has 3 aromatic rings. The number of nitrogens with zero attached hydrogens (tertiary/aromatic N) is 4. The summed E-state index contributed by atoms with van der Waals surface area (Å²) in [5, 5.41) is 0. The SMILES string of the molecule is CN.CN=C(N)CCCC(C)c1cccc(F)c1F.O=CN1CCC(n2c(=O)[nH]c3ncccc32)CC1. The lowest BCUT2D eigenvalue weighted by atomic mass is 9.95. The molecule has 0 spiro atoms. The second kappa shape index (κ2) is 14.8. The number of carbonyl (C=O) groups excluding carboxylic acids is 1. The average Bonchev–Trinajstić information content (AvgIpc) is 3.27. The molecule has 1 saturated heterocycles. The Balaban J connectivity index is 0.000000245. The molecule has 4 rings (SSSR count). The van der Waals surface area contributed by atoms with Gasteiger partial charge in [-0.25, -0.2) is 18.6 Å². The van der Waals surface area contributed by atoms with Crippen molar-refractivity contribution in [3.05, 3.63) is 64.2 Å². The maximum atomic E-state index is 13.5. The number of aromatic amines is 1. The highest BCUT2D eigenvalue weighted by atomic mass is 19.2. The Bertz CT molecular complexity index is 1220. The lowest BCUT2D eigenvalue weighted by molar-refractivity contribution is -0.119. The predicted molar refractivity (Wildman–Crippen MR) is 143 cm³/mol. The Morgan fingerprint density at radius 1 is 1.24 bits per heavy atom. The van der Waals surface area contributed by atoms with Crippen molar-refractivity contribution in [2.75, 3.05) is 27.2 Å². The number of piperidine rings is 1. The van der Waals surface area contributed by atoms with Gasteiger partial charge in [-0.15, -0.1) is 0 Å². The number of pyridine rings is 1. The molecule has 5 N–H and O–H groups in total. The average molecular weight is 518 g/mol. The number of hydrogen-bond acceptors (Lipinski definition) is 5. The lowest BCUT2D eigenvalue weighted by Gasteiger charge is -2.29. The van der Waals surface area contributed by atoms with E-state index in [1.54, 1.807) is 28.8 Å². The molecule has 3 heterocycles. The number of nitrogens with one attached hydrogen (secondary N) is 1. The van der Waals surface area contributed by atoms with Crippen molar-refractivity contribution in [1.29, 1.82) is 0 Å². The highest BCUT2D eigenvalue weighted by Gasteiger charge is 2.22. The summed E-state index contributed by atoms with van der Waals surface area (Å²) in [5.41, 5.74) is 11.8. The number of benzene rings is 1. The number of nitrogens with two attached hydrogens (primary N) is 2. The fraction of sp³-hybridized carbons (Fsp3) is 0.462. The normalized spacial score (nSPS) is 14.9. The van der Waals surface area contributed by atoms with Crippen molar-refractivity contribution in [3.63, 3.8) is 0 Å². The van der Waals surface area contributed by atoms with Crippen molar-refractivity contribution in [1.82, 2.24) is 19.4 Å². The van der Waals surface area contributed by atoms with Gasteiger partial charge in [0.2, 0.25) is 6.41 Å². The fourth-order valence-electron chi connectivity index (χ4n) is 4.33. The third kappa shape index (κ3) is 7.94. The number of imidazole rings is 1. The first-order valence-corrected chi connectivity index (χ1v) is 12.3. The number of carbonyl (C=O) groups is 1. The van der Waals surface area contributed by atoms with E-state index in [9.17, 15) is 18.4 Å². The number of rotatable bonds is 7. The number of amides is 1. The number of H-pyrrole nitrogens is 1. The third-order valence-corrected chi connectivity index (χ3v) is 6.37. The van der Waals surface area contributed by atoms with E-state index >= 15 is 0 Å². The summed E-state index contributed by atoms with van der Waals surface area (Å²) in [7, 11) is 3.14. The van der Waals surface area contributed by atoms with E-state index in [2.05, 4.69) is 20.7 Å². The van der Waals surface area contributed by atoms with Crippen LogP contribution in [0.2, 0.25) is 0 Å². The molecule has 0 saturated carbocycles. The van der Waals surface area contributed by atoms with Gasteiger partial charge in [-0.1, -0.05) is 19.1 Å². The van der Waals surface area contributed by atoms with Crippen LogP contribution in [0.3, 0.4) is 0 Å². The van der Waals surface area contributed by atoms with E-state index in [1.807, 2.05) is 19.1 Å². The van der Waals surface area contributed by atoms with Gasteiger partial charge >= 0.3 is 5.69 Å². The van der Waals surface area contributed by atoms with Gasteiger partial charge < -0.3 is 16.4 Å². The van der Waals surface area contributed by atoms with Crippen LogP contribution in [-0.2, 0) is 4.79 Å². The maximum absolute atomic E-state index is 13.5. The van der Waals surface area contributed by atoms with Crippen LogP contribution in [-0.4, -0.2) is 58.9 Å². The molecular weight excluding hydrogens is 480 g/mol. The van der Waals surface area contributed by atoms with Gasteiger partial charge in [0.25, 0.3) is 0 Å². The molecule has 0 radical (unpaired) electrons. The number of aromatic nitrogens is 3. The van der Waals surface area contributed by atoms with Crippen LogP contribution in [0.5, 0.6) is 0 Å². The standard InChI is InChI=1S/C13H18F2N2.C12H14N4O2.CH5N/c1-9(5-3-8-12(16)17-2)10-6-4-7-11(14)13(10)15;17-8-15-6-3-9(4-7-15)16-10-2-1-5-13-11(10)14-12(16)18;1-2/h4,6-7,9H,3,5,8H2,1-2H3,(H2,16,17);1-2,5,8-9H,3-4,6-7H2,(H,13,14,18);2H2,1H3. The van der Waals surface area contributed by atoms with Crippen molar-refractivity contribution < 1.29 is 13.6 Å². The van der Waals surface area contributed by atoms with Crippen LogP contribution in [0.25, 0.3) is 11.2 Å². The Kier molecular flexibility index (Phi) is 11.9. The topological polar surface area (TPSA) is 135 Å². The van der Waals surface area contributed by atoms with Crippen LogP contribution in [0, 0.1) is 11.6 Å². The summed E-state index contributed by atoms with van der Waals surface area (Å²) in [6, 6.07) is 8.16. The van der Waals surface area contributed by atoms with E-state index in [0.717, 1.165) is 43.7 Å². The molecule has 1 fully saturated rings. The number of halogens is 2. The molecule has 1 amide bonds. The van der Waals surface area contributed by atoms with Gasteiger partial charge in [0.05, 0.1) is 11.4 Å². The molecule has 1 aromatic carbocycles. The van der Waals surface area contributed by atoms with Crippen molar-refractivity contribution in [2.24, 2.45) is 16.5 Å². The van der Waals surface area contributed by atoms with Crippen LogP contribution in [0.15, 0.2) is 46.3 Å². The van der Waals surface area contributed by atoms with Crippen molar-refractivity contribution in [3.8, 4) is 0 Å². The minimum atomic E-state index is -0.788. The molecule has 1 aliphatic rings. The molecule has 1 atom stereocenters. The summed E-state index contributed by atoms with van der Waals surface area (Å²) in [6.45, 7) is 3.29. The zero-order valence-corrected chi connectivity index (χ0v) is 21.7. The van der Waals surface area contributed by atoms with Gasteiger partial charge in [-0.2, -0.15) is 0 Å². The molecule has 11 heteroatoms. The third-order valence-electron chi connectivity index (χ3n) is 6.37. The molecule has 0 aliphatic carbocycles. The molecule has 202 valence electrons. The second-order valence-electron chi connectivity index (χ2n) is 8.70. The summed E-state index contributed by atoms with van der Waals surface area (Å²) in [4.78, 5) is 35.1. The van der Waals surface area contributed by atoms with Gasteiger partial charge in [-0.05, 0) is 62.4 Å². The molecule has 2 aromatic heterocycles. The summed E-state index contributed by atoms with van der Waals surface area (Å²) >= 11 is 0. The van der Waals surface area contributed by atoms with Crippen molar-refractivity contribution >= 4 is 23.4 Å². The zero-order valence-electron chi connectivity index (χ0n) is 21.7. The minimum absolute atomic E-state index is 0.0182. The molecule has 1 aliphatic heterocycles.